The van der Waals surface area contributed by atoms with Gasteiger partial charge in [0, 0.05) is 77.8 Å². The summed E-state index contributed by atoms with van der Waals surface area (Å²) in [5.74, 6) is 0. The molecule has 4 heterocycles. The van der Waals surface area contributed by atoms with Crippen molar-refractivity contribution in [3.8, 4) is 33.6 Å². The molecular weight excluding hydrogens is 1450 g/mol. The molecule has 2 aromatic heterocycles. The number of fused-ring (bicyclic) bond motifs is 10. The summed E-state index contributed by atoms with van der Waals surface area (Å²) in [7, 11) is 0. The summed E-state index contributed by atoms with van der Waals surface area (Å²) in [5, 5.41) is 3.37. The predicted octanol–water partition coefficient (Wildman–Crippen LogP) is 31.0. The molecular formula is C115H141BN4. The quantitative estimate of drug-likeness (QED) is 0.120. The third kappa shape index (κ3) is 17.1. The summed E-state index contributed by atoms with van der Waals surface area (Å²) in [6.45, 7) is 72.1. The van der Waals surface area contributed by atoms with Gasteiger partial charge in [0.25, 0.3) is 6.71 Å². The molecule has 13 aromatic rings. The first kappa shape index (κ1) is 75.6. The maximum atomic E-state index is 9.81. The Morgan fingerprint density at radius 1 is 0.242 bits per heavy atom. The Labute approximate surface area is 735 Å². The molecule has 0 radical (unpaired) electrons. The highest BCUT2D eigenvalue weighted by molar-refractivity contribution is 7.00. The van der Waals surface area contributed by atoms with Crippen LogP contribution in [0.15, 0.2) is 194 Å². The van der Waals surface area contributed by atoms with E-state index in [1.807, 2.05) is 132 Å². The molecule has 624 valence electrons. The normalized spacial score (nSPS) is 15.6. The first-order valence-corrected chi connectivity index (χ1v) is 44.3. The third-order valence-corrected chi connectivity index (χ3v) is 24.1. The lowest BCUT2D eigenvalue weighted by Gasteiger charge is -2.45. The highest BCUT2D eigenvalue weighted by Crippen LogP contribution is 2.54. The fourth-order valence-electron chi connectivity index (χ4n) is 18.3. The van der Waals surface area contributed by atoms with Gasteiger partial charge < -0.3 is 18.9 Å². The van der Waals surface area contributed by atoms with Crippen LogP contribution in [0.5, 0.6) is 0 Å². The molecule has 11 aromatic carbocycles. The van der Waals surface area contributed by atoms with Gasteiger partial charge in [0.1, 0.15) is 0 Å². The van der Waals surface area contributed by atoms with Gasteiger partial charge in [0.2, 0.25) is 0 Å². The van der Waals surface area contributed by atoms with Crippen molar-refractivity contribution in [2.45, 2.75) is 293 Å². The second-order valence-corrected chi connectivity index (χ2v) is 47.0. The molecule has 0 fully saturated rings. The Kier molecular flexibility index (Phi) is 18.4. The molecule has 2 aliphatic heterocycles. The van der Waals surface area contributed by atoms with Crippen molar-refractivity contribution < 1.29 is 11.0 Å². The summed E-state index contributed by atoms with van der Waals surface area (Å²) in [5.41, 5.74) is 25.6. The number of hydrogen-bond donors (Lipinski definition) is 0. The largest absolute Gasteiger partial charge is 0.311 e. The molecule has 0 saturated carbocycles. The second kappa shape index (κ2) is 29.2. The number of rotatable bonds is 11. The topological polar surface area (TPSA) is 16.3 Å². The lowest BCUT2D eigenvalue weighted by Crippen LogP contribution is -2.61. The maximum Gasteiger partial charge on any atom is 0.252 e. The number of nitrogens with zero attached hydrogens (tertiary/aromatic N) is 4. The zero-order valence-corrected chi connectivity index (χ0v) is 79.0. The van der Waals surface area contributed by atoms with Crippen molar-refractivity contribution in [3.63, 3.8) is 0 Å². The van der Waals surface area contributed by atoms with E-state index in [0.717, 1.165) is 134 Å². The predicted molar refractivity (Wildman–Crippen MR) is 528 cm³/mol. The van der Waals surface area contributed by atoms with Gasteiger partial charge in [-0.25, -0.2) is 0 Å². The molecule has 0 amide bonds. The molecule has 0 atom stereocenters. The Morgan fingerprint density at radius 3 is 0.783 bits per heavy atom. The molecule has 15 rings (SSSR count). The van der Waals surface area contributed by atoms with Gasteiger partial charge in [-0.15, -0.1) is 0 Å². The van der Waals surface area contributed by atoms with Crippen LogP contribution in [0.25, 0.3) is 77.2 Å². The number of benzene rings is 11. The molecule has 2 aliphatic rings. The average Bonchev–Trinajstić information content (AvgIpc) is 0.772. The van der Waals surface area contributed by atoms with Crippen LogP contribution in [0.4, 0.5) is 34.1 Å². The van der Waals surface area contributed by atoms with Gasteiger partial charge >= 0.3 is 0 Å². The van der Waals surface area contributed by atoms with E-state index < -0.39 is 53.9 Å². The molecule has 0 bridgehead atoms. The van der Waals surface area contributed by atoms with Gasteiger partial charge in [-0.05, 0) is 289 Å². The van der Waals surface area contributed by atoms with Crippen molar-refractivity contribution in [3.05, 3.63) is 255 Å². The van der Waals surface area contributed by atoms with E-state index in [4.69, 9.17) is 0 Å². The van der Waals surface area contributed by atoms with Crippen LogP contribution < -0.4 is 26.2 Å². The Balaban J connectivity index is 1.14. The molecule has 0 unspecified atom stereocenters. The second-order valence-electron chi connectivity index (χ2n) is 47.0. The zero-order chi connectivity index (χ0) is 94.4. The molecule has 4 nitrogen and oxygen atoms in total. The van der Waals surface area contributed by atoms with Crippen molar-refractivity contribution in [1.29, 1.82) is 0 Å². The smallest absolute Gasteiger partial charge is 0.252 e. The van der Waals surface area contributed by atoms with E-state index in [2.05, 4.69) is 310 Å². The van der Waals surface area contributed by atoms with E-state index in [1.165, 1.54) is 38.9 Å². The molecule has 5 heteroatoms. The fraction of sp³-hybridized carbons (Fsp3) is 0.426. The van der Waals surface area contributed by atoms with Gasteiger partial charge in [-0.1, -0.05) is 313 Å². The minimum atomic E-state index is -1.73. The maximum absolute atomic E-state index is 9.81. The van der Waals surface area contributed by atoms with Crippen LogP contribution in [0.1, 0.15) is 301 Å². The standard InChI is InChI=1S/C115H141BN4/c1-105(2,3)66-71-34-44-96-88(50-71)89-51-72(67-106(4,5)6)35-45-97(89)117(96)84-40-42-92-100(64-84)119(94-48-38-78(110(16,17)18)62-86(94)76-56-80(112(22,23)24)60-81(57-76)113(25,26)27)102-54-75(70-109(13,14)15)55-103-104(102)116(92)93-43-41-85(118-98-46-36-73(68-107(7,8)9)52-90(98)91-53-74(37-47-99(91)118)69-108(10,11)12)65-101(93)120(103)95-49-39-79(111(19,20)21)63-87(95)77-58-82(114(28,29)30)61-83(59-77)115(31,32)33/h34-65H,66-70H2,1-33H3/i66D2,67D2,68D2,69D2. The molecule has 0 spiro atoms. The summed E-state index contributed by atoms with van der Waals surface area (Å²) < 4.78 is 83.2. The van der Waals surface area contributed by atoms with Crippen LogP contribution >= 0.6 is 0 Å². The van der Waals surface area contributed by atoms with Crippen molar-refractivity contribution >= 4 is 101 Å². The van der Waals surface area contributed by atoms with Crippen LogP contribution in [-0.4, -0.2) is 15.8 Å². The first-order chi connectivity index (χ1) is 58.4. The van der Waals surface area contributed by atoms with Crippen molar-refractivity contribution in [1.82, 2.24) is 9.13 Å². The first-order valence-electron chi connectivity index (χ1n) is 48.3. The summed E-state index contributed by atoms with van der Waals surface area (Å²) in [6.07, 6.45) is -6.21. The monoisotopic (exact) mass is 1600 g/mol. The minimum Gasteiger partial charge on any atom is -0.311 e. The van der Waals surface area contributed by atoms with E-state index in [1.54, 1.807) is 0 Å². The Morgan fingerprint density at radius 2 is 0.525 bits per heavy atom. The number of hydrogen-bond acceptors (Lipinski definition) is 2. The van der Waals surface area contributed by atoms with E-state index in [9.17, 15) is 11.0 Å². The van der Waals surface area contributed by atoms with E-state index >= 15 is 0 Å². The van der Waals surface area contributed by atoms with Crippen LogP contribution in [0.3, 0.4) is 0 Å². The van der Waals surface area contributed by atoms with E-state index in [-0.39, 0.29) is 37.9 Å². The lowest BCUT2D eigenvalue weighted by atomic mass is 9.33. The highest BCUT2D eigenvalue weighted by atomic mass is 15.2. The number of anilines is 6. The summed E-state index contributed by atoms with van der Waals surface area (Å²) >= 11 is 0. The van der Waals surface area contributed by atoms with Gasteiger partial charge in [0.05, 0.1) is 33.4 Å². The van der Waals surface area contributed by atoms with Gasteiger partial charge in [0.15, 0.2) is 0 Å². The fourth-order valence-corrected chi connectivity index (χ4v) is 18.3. The van der Waals surface area contributed by atoms with Gasteiger partial charge in [-0.2, -0.15) is 0 Å². The molecule has 0 saturated heterocycles. The molecule has 0 aliphatic carbocycles. The van der Waals surface area contributed by atoms with Crippen LogP contribution in [0.2, 0.25) is 0 Å². The average molecular weight is 1600 g/mol. The molecule has 0 N–H and O–H groups in total. The van der Waals surface area contributed by atoms with Gasteiger partial charge in [-0.3, -0.25) is 0 Å². The SMILES string of the molecule is [2H]C([2H])(c1ccc2c(c1)c1cc(C([2H])([2H])C(C)(C)C)ccc1n2-c1ccc2c(c1)N(c1ccc(C(C)(C)C)cc1-c1cc(C(C)(C)C)cc(C(C)(C)C)c1)c1cc(CC(C)(C)C)cc3c1B2c1ccc(-n2c4ccc(C([2H])([2H])C(C)(C)C)cc4c4cc(C([2H])([2H])C(C)(C)C)ccc42)cc1N3c1ccc(C(C)(C)C)cc1-c1cc(C(C)(C)C)cc(C(C)(C)C)c1)C(C)(C)C. The van der Waals surface area contributed by atoms with Crippen LogP contribution in [0, 0.1) is 27.1 Å². The number of aromatic nitrogens is 2. The Hall–Kier alpha value is -9.32. The van der Waals surface area contributed by atoms with E-state index in [0.29, 0.717) is 22.3 Å². The highest BCUT2D eigenvalue weighted by Gasteiger charge is 2.46. The Bertz CT molecular complexity index is 6020. The molecule has 120 heavy (non-hydrogen) atoms. The lowest BCUT2D eigenvalue weighted by molar-refractivity contribution is 0.411. The van der Waals surface area contributed by atoms with Crippen molar-refractivity contribution in [2.75, 3.05) is 9.80 Å². The van der Waals surface area contributed by atoms with Crippen LogP contribution in [-0.2, 0) is 64.4 Å². The van der Waals surface area contributed by atoms with Crippen molar-refractivity contribution in [2.24, 2.45) is 27.1 Å². The minimum absolute atomic E-state index is 0.202. The summed E-state index contributed by atoms with van der Waals surface area (Å²) in [4.78, 5) is 5.27. The third-order valence-electron chi connectivity index (χ3n) is 24.1. The zero-order valence-electron chi connectivity index (χ0n) is 87.0. The summed E-state index contributed by atoms with van der Waals surface area (Å²) in [6, 6.07) is 73.0.